The van der Waals surface area contributed by atoms with E-state index in [2.05, 4.69) is 21.2 Å². The van der Waals surface area contributed by atoms with Gasteiger partial charge in [0.1, 0.15) is 0 Å². The van der Waals surface area contributed by atoms with E-state index in [9.17, 15) is 4.79 Å². The quantitative estimate of drug-likeness (QED) is 0.888. The van der Waals surface area contributed by atoms with Crippen molar-refractivity contribution in [2.75, 3.05) is 5.32 Å². The van der Waals surface area contributed by atoms with Crippen molar-refractivity contribution in [2.24, 2.45) is 5.41 Å². The summed E-state index contributed by atoms with van der Waals surface area (Å²) >= 11 is 3.40. The largest absolute Gasteiger partial charge is 0.325 e. The Hall–Kier alpha value is -0.830. The number of hydrogen-bond acceptors (Lipinski definition) is 1. The van der Waals surface area contributed by atoms with Gasteiger partial charge in [-0.15, -0.1) is 0 Å². The van der Waals surface area contributed by atoms with Crippen LogP contribution in [-0.2, 0) is 4.79 Å². The van der Waals surface area contributed by atoms with E-state index < -0.39 is 0 Å². The highest BCUT2D eigenvalue weighted by Gasteiger charge is 2.25. The van der Waals surface area contributed by atoms with E-state index in [1.807, 2.05) is 45.9 Å². The highest BCUT2D eigenvalue weighted by atomic mass is 79.9. The molecule has 1 amide bonds. The molecule has 0 fully saturated rings. The minimum absolute atomic E-state index is 0.0698. The second-order valence-corrected chi connectivity index (χ2v) is 5.57. The number of carbonyl (C=O) groups is 1. The summed E-state index contributed by atoms with van der Waals surface area (Å²) in [6.45, 7) is 7.92. The van der Waals surface area contributed by atoms with Crippen molar-refractivity contribution in [3.8, 4) is 0 Å². The van der Waals surface area contributed by atoms with Gasteiger partial charge in [0, 0.05) is 15.6 Å². The summed E-state index contributed by atoms with van der Waals surface area (Å²) in [6.07, 6.45) is 0.828. The first-order chi connectivity index (χ1) is 7.36. The lowest BCUT2D eigenvalue weighted by Gasteiger charge is -2.22. The molecule has 88 valence electrons. The predicted octanol–water partition coefficient (Wildman–Crippen LogP) is 4.13. The number of halogens is 1. The lowest BCUT2D eigenvalue weighted by atomic mass is 9.89. The molecule has 0 radical (unpaired) electrons. The van der Waals surface area contributed by atoms with Gasteiger partial charge in [0.25, 0.3) is 0 Å². The van der Waals surface area contributed by atoms with Crippen LogP contribution in [0.4, 0.5) is 5.69 Å². The zero-order valence-electron chi connectivity index (χ0n) is 10.2. The van der Waals surface area contributed by atoms with E-state index in [0.29, 0.717) is 0 Å². The van der Waals surface area contributed by atoms with Crippen molar-refractivity contribution >= 4 is 27.5 Å². The van der Waals surface area contributed by atoms with E-state index in [1.165, 1.54) is 0 Å². The first-order valence-electron chi connectivity index (χ1n) is 5.44. The molecule has 0 aromatic heterocycles. The third-order valence-corrected chi connectivity index (χ3v) is 3.43. The first-order valence-corrected chi connectivity index (χ1v) is 6.23. The second-order valence-electron chi connectivity index (χ2n) is 4.65. The second kappa shape index (κ2) is 5.00. The summed E-state index contributed by atoms with van der Waals surface area (Å²) in [5.74, 6) is 0.0698. The lowest BCUT2D eigenvalue weighted by Crippen LogP contribution is -2.30. The van der Waals surface area contributed by atoms with Gasteiger partial charge >= 0.3 is 0 Å². The molecule has 2 nitrogen and oxygen atoms in total. The zero-order valence-corrected chi connectivity index (χ0v) is 11.8. The average Bonchev–Trinajstić information content (AvgIpc) is 2.22. The molecule has 0 spiro atoms. The molecule has 0 heterocycles. The maximum atomic E-state index is 12.0. The predicted molar refractivity (Wildman–Crippen MR) is 71.6 cm³/mol. The van der Waals surface area contributed by atoms with Gasteiger partial charge in [-0.25, -0.2) is 0 Å². The van der Waals surface area contributed by atoms with Crippen molar-refractivity contribution in [1.82, 2.24) is 0 Å². The standard InChI is InChI=1S/C13H18BrNO/c1-5-13(3,4)12(16)15-11-7-6-10(14)8-9(11)2/h6-8H,5H2,1-4H3,(H,15,16). The van der Waals surface area contributed by atoms with Gasteiger partial charge in [-0.2, -0.15) is 0 Å². The Bertz CT molecular complexity index is 399. The molecule has 0 saturated heterocycles. The molecule has 0 unspecified atom stereocenters. The van der Waals surface area contributed by atoms with E-state index in [4.69, 9.17) is 0 Å². The highest BCUT2D eigenvalue weighted by molar-refractivity contribution is 9.10. The Morgan fingerprint density at radius 1 is 1.44 bits per heavy atom. The van der Waals surface area contributed by atoms with Crippen LogP contribution in [0.3, 0.4) is 0 Å². The summed E-state index contributed by atoms with van der Waals surface area (Å²) < 4.78 is 1.03. The summed E-state index contributed by atoms with van der Waals surface area (Å²) in [7, 11) is 0. The first kappa shape index (κ1) is 13.2. The van der Waals surface area contributed by atoms with Crippen molar-refractivity contribution in [3.05, 3.63) is 28.2 Å². The van der Waals surface area contributed by atoms with Crippen molar-refractivity contribution in [3.63, 3.8) is 0 Å². The maximum Gasteiger partial charge on any atom is 0.230 e. The van der Waals surface area contributed by atoms with Crippen LogP contribution >= 0.6 is 15.9 Å². The molecular formula is C13H18BrNO. The van der Waals surface area contributed by atoms with Gasteiger partial charge in [0.05, 0.1) is 0 Å². The molecule has 1 aromatic carbocycles. The molecule has 0 bridgehead atoms. The minimum Gasteiger partial charge on any atom is -0.325 e. The minimum atomic E-state index is -0.320. The van der Waals surface area contributed by atoms with Gasteiger partial charge in [-0.1, -0.05) is 36.7 Å². The molecule has 0 aliphatic rings. The number of anilines is 1. The Balaban J connectivity index is 2.85. The van der Waals surface area contributed by atoms with Crippen molar-refractivity contribution in [2.45, 2.75) is 34.1 Å². The normalized spacial score (nSPS) is 11.3. The molecule has 0 aliphatic carbocycles. The third kappa shape index (κ3) is 3.08. The van der Waals surface area contributed by atoms with Crippen molar-refractivity contribution in [1.29, 1.82) is 0 Å². The van der Waals surface area contributed by atoms with Crippen LogP contribution in [0, 0.1) is 12.3 Å². The third-order valence-electron chi connectivity index (χ3n) is 2.94. The Morgan fingerprint density at radius 2 is 2.06 bits per heavy atom. The van der Waals surface area contributed by atoms with Gasteiger partial charge in [-0.3, -0.25) is 4.79 Å². The molecule has 1 rings (SSSR count). The summed E-state index contributed by atoms with van der Waals surface area (Å²) in [5, 5.41) is 2.97. The zero-order chi connectivity index (χ0) is 12.3. The number of hydrogen-bond donors (Lipinski definition) is 1. The molecular weight excluding hydrogens is 266 g/mol. The molecule has 0 atom stereocenters. The Morgan fingerprint density at radius 3 is 2.56 bits per heavy atom. The van der Waals surface area contributed by atoms with Crippen LogP contribution < -0.4 is 5.32 Å². The van der Waals surface area contributed by atoms with Crippen LogP contribution in [0.2, 0.25) is 0 Å². The SMILES string of the molecule is CCC(C)(C)C(=O)Nc1ccc(Br)cc1C. The van der Waals surface area contributed by atoms with Crippen LogP contribution in [-0.4, -0.2) is 5.91 Å². The van der Waals surface area contributed by atoms with Gasteiger partial charge < -0.3 is 5.32 Å². The van der Waals surface area contributed by atoms with Crippen LogP contribution in [0.15, 0.2) is 22.7 Å². The number of benzene rings is 1. The number of carbonyl (C=O) groups excluding carboxylic acids is 1. The smallest absolute Gasteiger partial charge is 0.230 e. The maximum absolute atomic E-state index is 12.0. The van der Waals surface area contributed by atoms with Crippen LogP contribution in [0.1, 0.15) is 32.8 Å². The molecule has 1 N–H and O–H groups in total. The molecule has 3 heteroatoms. The average molecular weight is 284 g/mol. The topological polar surface area (TPSA) is 29.1 Å². The number of nitrogens with one attached hydrogen (secondary N) is 1. The fourth-order valence-electron chi connectivity index (χ4n) is 1.22. The van der Waals surface area contributed by atoms with E-state index in [-0.39, 0.29) is 11.3 Å². The molecule has 1 aromatic rings. The monoisotopic (exact) mass is 283 g/mol. The number of amides is 1. The van der Waals surface area contributed by atoms with E-state index >= 15 is 0 Å². The Labute approximate surface area is 106 Å². The van der Waals surface area contributed by atoms with Crippen molar-refractivity contribution < 1.29 is 4.79 Å². The summed E-state index contributed by atoms with van der Waals surface area (Å²) in [6, 6.07) is 5.85. The summed E-state index contributed by atoms with van der Waals surface area (Å²) in [4.78, 5) is 12.0. The molecule has 16 heavy (non-hydrogen) atoms. The van der Waals surface area contributed by atoms with Gasteiger partial charge in [-0.05, 0) is 37.1 Å². The highest BCUT2D eigenvalue weighted by Crippen LogP contribution is 2.25. The van der Waals surface area contributed by atoms with Gasteiger partial charge in [0.15, 0.2) is 0 Å². The van der Waals surface area contributed by atoms with Crippen LogP contribution in [0.25, 0.3) is 0 Å². The lowest BCUT2D eigenvalue weighted by molar-refractivity contribution is -0.124. The number of rotatable bonds is 3. The number of aryl methyl sites for hydroxylation is 1. The fraction of sp³-hybridized carbons (Fsp3) is 0.462. The van der Waals surface area contributed by atoms with E-state index in [1.54, 1.807) is 0 Å². The Kier molecular flexibility index (Phi) is 4.14. The molecule has 0 aliphatic heterocycles. The molecule has 0 saturated carbocycles. The summed E-state index contributed by atoms with van der Waals surface area (Å²) in [5.41, 5.74) is 1.63. The fourth-order valence-corrected chi connectivity index (χ4v) is 1.69. The van der Waals surface area contributed by atoms with Crippen LogP contribution in [0.5, 0.6) is 0 Å². The van der Waals surface area contributed by atoms with E-state index in [0.717, 1.165) is 22.1 Å². The van der Waals surface area contributed by atoms with Gasteiger partial charge in [0.2, 0.25) is 5.91 Å².